The standard InChI is InChI=1S/C16H26N2O2S/c1-4-5-11-18(3)21(19,20)16-8-6-7-14(13(16)2)12-17-15-9-10-15/h6-8,15,17H,4-5,9-12H2,1-3H3. The summed E-state index contributed by atoms with van der Waals surface area (Å²) in [6.45, 7) is 5.29. The van der Waals surface area contributed by atoms with E-state index in [-0.39, 0.29) is 0 Å². The number of hydrogen-bond donors (Lipinski definition) is 1. The Hall–Kier alpha value is -0.910. The van der Waals surface area contributed by atoms with Gasteiger partial charge in [-0.25, -0.2) is 12.7 Å². The Morgan fingerprint density at radius 3 is 2.67 bits per heavy atom. The van der Waals surface area contributed by atoms with Gasteiger partial charge in [0.05, 0.1) is 4.90 Å². The molecule has 0 radical (unpaired) electrons. The molecule has 0 spiro atoms. The second-order valence-electron chi connectivity index (χ2n) is 5.88. The van der Waals surface area contributed by atoms with Gasteiger partial charge in [0, 0.05) is 26.2 Å². The average Bonchev–Trinajstić information content (AvgIpc) is 3.27. The third-order valence-corrected chi connectivity index (χ3v) is 6.07. The number of nitrogens with zero attached hydrogens (tertiary/aromatic N) is 1. The Morgan fingerprint density at radius 2 is 2.05 bits per heavy atom. The molecule has 5 heteroatoms. The van der Waals surface area contributed by atoms with Crippen LogP contribution in [0.4, 0.5) is 0 Å². The van der Waals surface area contributed by atoms with Crippen molar-refractivity contribution in [2.24, 2.45) is 0 Å². The van der Waals surface area contributed by atoms with Gasteiger partial charge >= 0.3 is 0 Å². The molecule has 0 aromatic heterocycles. The highest BCUT2D eigenvalue weighted by molar-refractivity contribution is 7.89. The fourth-order valence-corrected chi connectivity index (χ4v) is 3.82. The van der Waals surface area contributed by atoms with Crippen LogP contribution in [0.25, 0.3) is 0 Å². The predicted molar refractivity (Wildman–Crippen MR) is 85.8 cm³/mol. The summed E-state index contributed by atoms with van der Waals surface area (Å²) in [6.07, 6.45) is 4.34. The van der Waals surface area contributed by atoms with E-state index in [4.69, 9.17) is 0 Å². The first kappa shape index (κ1) is 16.5. The Kier molecular flexibility index (Phi) is 5.41. The number of sulfonamides is 1. The van der Waals surface area contributed by atoms with Gasteiger partial charge in [0.1, 0.15) is 0 Å². The minimum Gasteiger partial charge on any atom is -0.310 e. The van der Waals surface area contributed by atoms with Gasteiger partial charge < -0.3 is 5.32 Å². The lowest BCUT2D eigenvalue weighted by Gasteiger charge is -2.19. The molecule has 0 amide bonds. The van der Waals surface area contributed by atoms with E-state index >= 15 is 0 Å². The van der Waals surface area contributed by atoms with Crippen LogP contribution in [0.5, 0.6) is 0 Å². The molecule has 1 aromatic rings. The van der Waals surface area contributed by atoms with E-state index < -0.39 is 10.0 Å². The Bertz CT molecular complexity index is 580. The Morgan fingerprint density at radius 1 is 1.33 bits per heavy atom. The van der Waals surface area contributed by atoms with Crippen LogP contribution < -0.4 is 5.32 Å². The largest absolute Gasteiger partial charge is 0.310 e. The highest BCUT2D eigenvalue weighted by Crippen LogP contribution is 2.24. The topological polar surface area (TPSA) is 49.4 Å². The summed E-state index contributed by atoms with van der Waals surface area (Å²) in [5, 5.41) is 3.45. The molecule has 2 rings (SSSR count). The first-order chi connectivity index (χ1) is 9.96. The summed E-state index contributed by atoms with van der Waals surface area (Å²) in [7, 11) is -1.72. The van der Waals surface area contributed by atoms with Crippen molar-refractivity contribution in [2.45, 2.75) is 57.0 Å². The average molecular weight is 310 g/mol. The molecular weight excluding hydrogens is 284 g/mol. The third-order valence-electron chi connectivity index (χ3n) is 4.07. The van der Waals surface area contributed by atoms with Gasteiger partial charge in [0.25, 0.3) is 0 Å². The molecule has 1 saturated carbocycles. The van der Waals surface area contributed by atoms with Crippen molar-refractivity contribution in [2.75, 3.05) is 13.6 Å². The molecule has 1 aliphatic rings. The fourth-order valence-electron chi connectivity index (χ4n) is 2.34. The van der Waals surface area contributed by atoms with Crippen molar-refractivity contribution >= 4 is 10.0 Å². The summed E-state index contributed by atoms with van der Waals surface area (Å²) in [4.78, 5) is 0.441. The maximum atomic E-state index is 12.7. The van der Waals surface area contributed by atoms with Crippen molar-refractivity contribution in [1.29, 1.82) is 0 Å². The molecule has 4 nitrogen and oxygen atoms in total. The monoisotopic (exact) mass is 310 g/mol. The molecule has 0 bridgehead atoms. The van der Waals surface area contributed by atoms with Crippen molar-refractivity contribution in [3.05, 3.63) is 29.3 Å². The lowest BCUT2D eigenvalue weighted by atomic mass is 10.1. The predicted octanol–water partition coefficient (Wildman–Crippen LogP) is 2.67. The minimum absolute atomic E-state index is 0.441. The number of benzene rings is 1. The smallest absolute Gasteiger partial charge is 0.243 e. The van der Waals surface area contributed by atoms with Gasteiger partial charge in [-0.05, 0) is 43.4 Å². The fraction of sp³-hybridized carbons (Fsp3) is 0.625. The highest BCUT2D eigenvalue weighted by Gasteiger charge is 2.24. The summed E-state index contributed by atoms with van der Waals surface area (Å²) >= 11 is 0. The molecule has 1 N–H and O–H groups in total. The zero-order valence-corrected chi connectivity index (χ0v) is 14.0. The van der Waals surface area contributed by atoms with Crippen LogP contribution in [0.15, 0.2) is 23.1 Å². The zero-order chi connectivity index (χ0) is 15.5. The second kappa shape index (κ2) is 6.90. The van der Waals surface area contributed by atoms with Crippen LogP contribution in [0, 0.1) is 6.92 Å². The molecule has 118 valence electrons. The van der Waals surface area contributed by atoms with Gasteiger partial charge in [-0.2, -0.15) is 0 Å². The summed E-state index contributed by atoms with van der Waals surface area (Å²) < 4.78 is 26.8. The molecule has 0 saturated heterocycles. The van der Waals surface area contributed by atoms with E-state index in [1.54, 1.807) is 13.1 Å². The van der Waals surface area contributed by atoms with E-state index in [2.05, 4.69) is 12.2 Å². The molecular formula is C16H26N2O2S. The first-order valence-electron chi connectivity index (χ1n) is 7.75. The molecule has 0 atom stereocenters. The number of hydrogen-bond acceptors (Lipinski definition) is 3. The maximum Gasteiger partial charge on any atom is 0.243 e. The van der Waals surface area contributed by atoms with Gasteiger partial charge in [0.15, 0.2) is 0 Å². The molecule has 0 unspecified atom stereocenters. The Labute approximate surface area is 128 Å². The van der Waals surface area contributed by atoms with Crippen molar-refractivity contribution in [1.82, 2.24) is 9.62 Å². The van der Waals surface area contributed by atoms with Crippen LogP contribution in [0.1, 0.15) is 43.7 Å². The third kappa shape index (κ3) is 4.05. The van der Waals surface area contributed by atoms with Crippen LogP contribution in [-0.4, -0.2) is 32.4 Å². The second-order valence-corrected chi connectivity index (χ2v) is 7.89. The number of rotatable bonds is 8. The van der Waals surface area contributed by atoms with Gasteiger partial charge in [-0.15, -0.1) is 0 Å². The van der Waals surface area contributed by atoms with Crippen molar-refractivity contribution in [3.63, 3.8) is 0 Å². The van der Waals surface area contributed by atoms with Crippen LogP contribution in [-0.2, 0) is 16.6 Å². The normalized spacial score (nSPS) is 15.6. The van der Waals surface area contributed by atoms with E-state index in [1.807, 2.05) is 19.1 Å². The van der Waals surface area contributed by atoms with E-state index in [1.165, 1.54) is 17.1 Å². The van der Waals surface area contributed by atoms with E-state index in [0.29, 0.717) is 17.5 Å². The Balaban J connectivity index is 2.19. The van der Waals surface area contributed by atoms with Gasteiger partial charge in [0.2, 0.25) is 10.0 Å². The number of nitrogens with one attached hydrogen (secondary N) is 1. The quantitative estimate of drug-likeness (QED) is 0.803. The van der Waals surface area contributed by atoms with Crippen LogP contribution in [0.2, 0.25) is 0 Å². The summed E-state index contributed by atoms with van der Waals surface area (Å²) in [5.41, 5.74) is 1.95. The van der Waals surface area contributed by atoms with E-state index in [0.717, 1.165) is 30.5 Å². The van der Waals surface area contributed by atoms with E-state index in [9.17, 15) is 8.42 Å². The van der Waals surface area contributed by atoms with Gasteiger partial charge in [-0.1, -0.05) is 25.5 Å². The summed E-state index contributed by atoms with van der Waals surface area (Å²) in [6, 6.07) is 6.19. The number of unbranched alkanes of at least 4 members (excludes halogenated alkanes) is 1. The van der Waals surface area contributed by atoms with Crippen molar-refractivity contribution < 1.29 is 8.42 Å². The highest BCUT2D eigenvalue weighted by atomic mass is 32.2. The van der Waals surface area contributed by atoms with Crippen LogP contribution >= 0.6 is 0 Å². The molecule has 1 aliphatic carbocycles. The zero-order valence-electron chi connectivity index (χ0n) is 13.2. The minimum atomic E-state index is -3.38. The molecule has 0 heterocycles. The SMILES string of the molecule is CCCCN(C)S(=O)(=O)c1cccc(CNC2CC2)c1C. The lowest BCUT2D eigenvalue weighted by molar-refractivity contribution is 0.459. The molecule has 1 aromatic carbocycles. The first-order valence-corrected chi connectivity index (χ1v) is 9.19. The van der Waals surface area contributed by atoms with Crippen LogP contribution in [0.3, 0.4) is 0 Å². The molecule has 1 fully saturated rings. The summed E-state index contributed by atoms with van der Waals surface area (Å²) in [5.74, 6) is 0. The maximum absolute atomic E-state index is 12.7. The molecule has 21 heavy (non-hydrogen) atoms. The molecule has 0 aliphatic heterocycles. The lowest BCUT2D eigenvalue weighted by Crippen LogP contribution is -2.29. The van der Waals surface area contributed by atoms with Gasteiger partial charge in [-0.3, -0.25) is 0 Å². The van der Waals surface area contributed by atoms with Crippen molar-refractivity contribution in [3.8, 4) is 0 Å².